The summed E-state index contributed by atoms with van der Waals surface area (Å²) in [6.07, 6.45) is 6.10. The third-order valence-electron chi connectivity index (χ3n) is 5.79. The Morgan fingerprint density at radius 1 is 1.25 bits per heavy atom. The first-order chi connectivity index (χ1) is 13.6. The van der Waals surface area contributed by atoms with E-state index < -0.39 is 6.61 Å². The molecule has 7 nitrogen and oxygen atoms in total. The minimum atomic E-state index is -2.97. The van der Waals surface area contributed by atoms with Gasteiger partial charge in [-0.05, 0) is 25.3 Å². The van der Waals surface area contributed by atoms with Crippen LogP contribution in [0, 0.1) is 0 Å². The SMILES string of the molecule is Nc1ncc(-c2cc(N3C[C@@H]4C[C@H]3CO4)nc(C3CCC3)n2)cc1OC(F)F. The van der Waals surface area contributed by atoms with Crippen molar-refractivity contribution in [3.8, 4) is 17.0 Å². The van der Waals surface area contributed by atoms with Crippen molar-refractivity contribution >= 4 is 11.6 Å². The Kier molecular flexibility index (Phi) is 4.26. The van der Waals surface area contributed by atoms with Gasteiger partial charge in [0.2, 0.25) is 0 Å². The van der Waals surface area contributed by atoms with Crippen molar-refractivity contribution in [1.82, 2.24) is 15.0 Å². The van der Waals surface area contributed by atoms with Gasteiger partial charge in [0.15, 0.2) is 11.6 Å². The summed E-state index contributed by atoms with van der Waals surface area (Å²) in [6, 6.07) is 3.68. The molecule has 2 atom stereocenters. The Bertz CT molecular complexity index is 893. The van der Waals surface area contributed by atoms with E-state index in [-0.39, 0.29) is 17.7 Å². The molecule has 2 aromatic heterocycles. The Balaban J connectivity index is 1.54. The second-order valence-corrected chi connectivity index (χ2v) is 7.58. The van der Waals surface area contributed by atoms with Crippen molar-refractivity contribution < 1.29 is 18.3 Å². The number of fused-ring (bicyclic) bond motifs is 2. The van der Waals surface area contributed by atoms with E-state index >= 15 is 0 Å². The van der Waals surface area contributed by atoms with E-state index in [0.29, 0.717) is 29.8 Å². The smallest absolute Gasteiger partial charge is 0.387 e. The molecule has 3 aliphatic rings. The van der Waals surface area contributed by atoms with Crippen molar-refractivity contribution in [2.45, 2.75) is 50.4 Å². The summed E-state index contributed by atoms with van der Waals surface area (Å²) in [5.74, 6) is 1.78. The normalized spacial score (nSPS) is 24.0. The van der Waals surface area contributed by atoms with Crippen LogP contribution in [0.15, 0.2) is 18.3 Å². The zero-order valence-electron chi connectivity index (χ0n) is 15.2. The predicted octanol–water partition coefficient (Wildman–Crippen LogP) is 2.97. The summed E-state index contributed by atoms with van der Waals surface area (Å²) < 4.78 is 35.5. The summed E-state index contributed by atoms with van der Waals surface area (Å²) in [7, 11) is 0. The van der Waals surface area contributed by atoms with E-state index in [1.807, 2.05) is 6.07 Å². The largest absolute Gasteiger partial charge is 0.431 e. The molecule has 148 valence electrons. The van der Waals surface area contributed by atoms with Gasteiger partial charge in [-0.15, -0.1) is 0 Å². The molecule has 2 saturated heterocycles. The van der Waals surface area contributed by atoms with Crippen LogP contribution >= 0.6 is 0 Å². The maximum atomic E-state index is 12.7. The molecule has 0 radical (unpaired) electrons. The van der Waals surface area contributed by atoms with Crippen molar-refractivity contribution in [2.24, 2.45) is 0 Å². The fourth-order valence-electron chi connectivity index (χ4n) is 4.06. The lowest BCUT2D eigenvalue weighted by Crippen LogP contribution is -2.37. The molecule has 0 aromatic carbocycles. The van der Waals surface area contributed by atoms with Gasteiger partial charge >= 0.3 is 6.61 Å². The molecule has 1 saturated carbocycles. The fourth-order valence-corrected chi connectivity index (χ4v) is 4.06. The van der Waals surface area contributed by atoms with Gasteiger partial charge in [-0.1, -0.05) is 6.42 Å². The average Bonchev–Trinajstić information content (AvgIpc) is 3.25. The number of rotatable bonds is 5. The van der Waals surface area contributed by atoms with Gasteiger partial charge in [0.05, 0.1) is 24.4 Å². The van der Waals surface area contributed by atoms with Gasteiger partial charge in [-0.25, -0.2) is 15.0 Å². The van der Waals surface area contributed by atoms with Crippen LogP contribution in [0.1, 0.15) is 37.4 Å². The topological polar surface area (TPSA) is 86.4 Å². The molecule has 5 rings (SSSR count). The standard InChI is InChI=1S/C19H21F2N5O2/c20-19(21)28-15-4-11(7-23-17(15)22)14-6-16(25-18(24-14)10-2-1-3-10)26-8-13-5-12(26)9-27-13/h4,6-7,10,12-13,19H,1-3,5,8-9H2,(H2,22,23)/t12-,13-/m0/s1. The third-order valence-corrected chi connectivity index (χ3v) is 5.79. The molecule has 2 aromatic rings. The quantitative estimate of drug-likeness (QED) is 0.841. The van der Waals surface area contributed by atoms with Crippen molar-refractivity contribution in [1.29, 1.82) is 0 Å². The van der Waals surface area contributed by atoms with E-state index in [4.69, 9.17) is 20.4 Å². The monoisotopic (exact) mass is 389 g/mol. The Morgan fingerprint density at radius 2 is 2.11 bits per heavy atom. The second-order valence-electron chi connectivity index (χ2n) is 7.58. The summed E-state index contributed by atoms with van der Waals surface area (Å²) in [5, 5.41) is 0. The average molecular weight is 389 g/mol. The van der Waals surface area contributed by atoms with Crippen LogP contribution in [0.5, 0.6) is 5.75 Å². The number of aromatic nitrogens is 3. The Hall–Kier alpha value is -2.55. The van der Waals surface area contributed by atoms with E-state index in [0.717, 1.165) is 37.4 Å². The zero-order chi connectivity index (χ0) is 19.3. The first-order valence-corrected chi connectivity index (χ1v) is 9.55. The molecule has 4 heterocycles. The predicted molar refractivity (Wildman–Crippen MR) is 98.4 cm³/mol. The highest BCUT2D eigenvalue weighted by Gasteiger charge is 2.40. The molecule has 2 bridgehead atoms. The molecule has 0 unspecified atom stereocenters. The molecule has 2 aliphatic heterocycles. The van der Waals surface area contributed by atoms with Crippen LogP contribution in [0.25, 0.3) is 11.3 Å². The number of nitrogens with two attached hydrogens (primary N) is 1. The van der Waals surface area contributed by atoms with Crippen LogP contribution in [0.2, 0.25) is 0 Å². The number of ether oxygens (including phenoxy) is 2. The summed E-state index contributed by atoms with van der Waals surface area (Å²) >= 11 is 0. The first kappa shape index (κ1) is 17.5. The molecule has 1 aliphatic carbocycles. The Labute approximate surface area is 160 Å². The van der Waals surface area contributed by atoms with Gasteiger partial charge in [0.25, 0.3) is 0 Å². The van der Waals surface area contributed by atoms with Crippen molar-refractivity contribution in [2.75, 3.05) is 23.8 Å². The molecule has 0 amide bonds. The molecular weight excluding hydrogens is 368 g/mol. The molecule has 9 heteroatoms. The number of halogens is 2. The number of morpholine rings is 1. The van der Waals surface area contributed by atoms with Gasteiger partial charge in [0.1, 0.15) is 11.6 Å². The van der Waals surface area contributed by atoms with Crippen LogP contribution in [-0.2, 0) is 4.74 Å². The highest BCUT2D eigenvalue weighted by molar-refractivity contribution is 5.67. The number of anilines is 2. The minimum absolute atomic E-state index is 0.0773. The molecule has 2 N–H and O–H groups in total. The Morgan fingerprint density at radius 3 is 2.75 bits per heavy atom. The van der Waals surface area contributed by atoms with Crippen LogP contribution < -0.4 is 15.4 Å². The highest BCUT2D eigenvalue weighted by Crippen LogP contribution is 2.39. The van der Waals surface area contributed by atoms with Crippen molar-refractivity contribution in [3.63, 3.8) is 0 Å². The molecule has 0 spiro atoms. The van der Waals surface area contributed by atoms with Crippen LogP contribution in [0.3, 0.4) is 0 Å². The lowest BCUT2D eigenvalue weighted by atomic mass is 9.85. The number of alkyl halides is 2. The van der Waals surface area contributed by atoms with Crippen molar-refractivity contribution in [3.05, 3.63) is 24.2 Å². The van der Waals surface area contributed by atoms with E-state index in [2.05, 4.69) is 14.6 Å². The zero-order valence-corrected chi connectivity index (χ0v) is 15.2. The summed E-state index contributed by atoms with van der Waals surface area (Å²) in [6.45, 7) is -1.45. The van der Waals surface area contributed by atoms with Gasteiger partial charge in [-0.3, -0.25) is 0 Å². The maximum Gasteiger partial charge on any atom is 0.387 e. The lowest BCUT2D eigenvalue weighted by molar-refractivity contribution is -0.0494. The molecule has 3 fully saturated rings. The summed E-state index contributed by atoms with van der Waals surface area (Å²) in [4.78, 5) is 15.8. The maximum absolute atomic E-state index is 12.7. The van der Waals surface area contributed by atoms with E-state index in [1.54, 1.807) is 0 Å². The van der Waals surface area contributed by atoms with Gasteiger partial charge in [0, 0.05) is 30.3 Å². The molecular formula is C19H21F2N5O2. The fraction of sp³-hybridized carbons (Fsp3) is 0.526. The van der Waals surface area contributed by atoms with E-state index in [9.17, 15) is 8.78 Å². The number of pyridine rings is 1. The number of nitrogen functional groups attached to an aromatic ring is 1. The van der Waals surface area contributed by atoms with Crippen LogP contribution in [0.4, 0.5) is 20.4 Å². The first-order valence-electron chi connectivity index (χ1n) is 9.55. The number of nitrogens with zero attached hydrogens (tertiary/aromatic N) is 4. The highest BCUT2D eigenvalue weighted by atomic mass is 19.3. The summed E-state index contributed by atoms with van der Waals surface area (Å²) in [5.41, 5.74) is 6.89. The van der Waals surface area contributed by atoms with E-state index in [1.165, 1.54) is 18.7 Å². The van der Waals surface area contributed by atoms with Gasteiger partial charge in [-0.2, -0.15) is 8.78 Å². The lowest BCUT2D eigenvalue weighted by Gasteiger charge is -2.30. The number of hydrogen-bond acceptors (Lipinski definition) is 7. The minimum Gasteiger partial charge on any atom is -0.431 e. The van der Waals surface area contributed by atoms with Gasteiger partial charge < -0.3 is 20.1 Å². The second kappa shape index (κ2) is 6.80. The third kappa shape index (κ3) is 3.13. The van der Waals surface area contributed by atoms with Crippen LogP contribution in [-0.4, -0.2) is 46.9 Å². The molecule has 28 heavy (non-hydrogen) atoms. The number of hydrogen-bond donors (Lipinski definition) is 1.